The summed E-state index contributed by atoms with van der Waals surface area (Å²) in [5, 5.41) is 0. The predicted molar refractivity (Wildman–Crippen MR) is 56.9 cm³/mol. The summed E-state index contributed by atoms with van der Waals surface area (Å²) < 4.78 is 5.14. The molecule has 1 rings (SSSR count). The van der Waals surface area contributed by atoms with Crippen LogP contribution < -0.4 is 0 Å². The van der Waals surface area contributed by atoms with Crippen molar-refractivity contribution in [2.45, 2.75) is 32.6 Å². The van der Waals surface area contributed by atoms with Crippen LogP contribution in [-0.2, 0) is 9.53 Å². The molecule has 0 saturated heterocycles. The lowest BCUT2D eigenvalue weighted by molar-refractivity contribution is -0.143. The van der Waals surface area contributed by atoms with E-state index in [4.69, 9.17) is 4.74 Å². The molecule has 1 aliphatic carbocycles. The zero-order valence-electron chi connectivity index (χ0n) is 8.74. The Bertz CT molecular complexity index is 220. The highest BCUT2D eigenvalue weighted by Gasteiger charge is 2.12. The molecule has 0 aromatic carbocycles. The Balaban J connectivity index is 2.05. The second-order valence-corrected chi connectivity index (χ2v) is 3.58. The Morgan fingerprint density at radius 2 is 2.14 bits per heavy atom. The lowest BCUT2D eigenvalue weighted by Gasteiger charge is -2.08. The van der Waals surface area contributed by atoms with Crippen LogP contribution in [0, 0.1) is 5.92 Å². The van der Waals surface area contributed by atoms with Gasteiger partial charge in [0.25, 0.3) is 0 Å². The molecule has 0 bridgehead atoms. The summed E-state index contributed by atoms with van der Waals surface area (Å²) in [6.45, 7) is 2.62. The zero-order chi connectivity index (χ0) is 10.2. The van der Waals surface area contributed by atoms with Gasteiger partial charge in [0.1, 0.15) is 0 Å². The molecule has 0 N–H and O–H groups in total. The lowest BCUT2D eigenvalue weighted by Crippen LogP contribution is -2.11. The highest BCUT2D eigenvalue weighted by molar-refractivity contribution is 5.71. The minimum atomic E-state index is -0.110. The maximum atomic E-state index is 11.2. The van der Waals surface area contributed by atoms with E-state index in [9.17, 15) is 4.79 Å². The molecule has 0 saturated carbocycles. The van der Waals surface area contributed by atoms with Crippen molar-refractivity contribution in [1.82, 2.24) is 0 Å². The van der Waals surface area contributed by atoms with Gasteiger partial charge < -0.3 is 4.74 Å². The molecule has 2 heteroatoms. The van der Waals surface area contributed by atoms with E-state index in [-0.39, 0.29) is 5.97 Å². The van der Waals surface area contributed by atoms with Gasteiger partial charge in [-0.15, -0.1) is 0 Å². The molecule has 2 nitrogen and oxygen atoms in total. The number of esters is 1. The quantitative estimate of drug-likeness (QED) is 0.497. The van der Waals surface area contributed by atoms with Gasteiger partial charge in [-0.25, -0.2) is 0 Å². The van der Waals surface area contributed by atoms with Crippen molar-refractivity contribution in [2.24, 2.45) is 5.92 Å². The van der Waals surface area contributed by atoms with Gasteiger partial charge in [-0.05, 0) is 25.2 Å². The summed E-state index contributed by atoms with van der Waals surface area (Å²) in [6, 6.07) is 0. The van der Waals surface area contributed by atoms with E-state index in [2.05, 4.69) is 12.2 Å². The minimum absolute atomic E-state index is 0.110. The van der Waals surface area contributed by atoms with Crippen molar-refractivity contribution >= 4 is 5.97 Å². The third kappa shape index (κ3) is 4.26. The van der Waals surface area contributed by atoms with Gasteiger partial charge in [-0.2, -0.15) is 0 Å². The fourth-order valence-electron chi connectivity index (χ4n) is 1.43. The first-order chi connectivity index (χ1) is 6.83. The lowest BCUT2D eigenvalue weighted by atomic mass is 10.1. The van der Waals surface area contributed by atoms with Crippen LogP contribution in [0.25, 0.3) is 0 Å². The molecule has 0 spiro atoms. The molecule has 0 fully saturated rings. The molecule has 0 aromatic heterocycles. The maximum absolute atomic E-state index is 11.2. The van der Waals surface area contributed by atoms with Crippen molar-refractivity contribution in [2.75, 3.05) is 6.61 Å². The molecule has 0 atom stereocenters. The number of rotatable bonds is 5. The van der Waals surface area contributed by atoms with Crippen LogP contribution in [0.15, 0.2) is 24.3 Å². The van der Waals surface area contributed by atoms with Crippen LogP contribution in [0.2, 0.25) is 0 Å². The topological polar surface area (TPSA) is 26.3 Å². The first-order valence-electron chi connectivity index (χ1n) is 5.28. The molecule has 1 aliphatic rings. The minimum Gasteiger partial charge on any atom is -0.465 e. The van der Waals surface area contributed by atoms with Gasteiger partial charge in [0.15, 0.2) is 0 Å². The third-order valence-corrected chi connectivity index (χ3v) is 2.27. The maximum Gasteiger partial charge on any atom is 0.309 e. The molecule has 0 aromatic rings. The Morgan fingerprint density at radius 3 is 2.79 bits per heavy atom. The number of carbonyl (C=O) groups excluding carboxylic acids is 1. The molecule has 0 unspecified atom stereocenters. The summed E-state index contributed by atoms with van der Waals surface area (Å²) in [5.41, 5.74) is 0. The van der Waals surface area contributed by atoms with E-state index in [1.54, 1.807) is 0 Å². The molecular formula is C12H18O2. The van der Waals surface area contributed by atoms with Crippen LogP contribution >= 0.6 is 0 Å². The number of allylic oxidation sites excluding steroid dienone is 3. The summed E-state index contributed by atoms with van der Waals surface area (Å²) in [7, 11) is 0. The first kappa shape index (κ1) is 11.0. The van der Waals surface area contributed by atoms with E-state index >= 15 is 0 Å². The predicted octanol–water partition coefficient (Wildman–Crippen LogP) is 2.85. The molecule has 0 heterocycles. The van der Waals surface area contributed by atoms with Gasteiger partial charge >= 0.3 is 5.97 Å². The van der Waals surface area contributed by atoms with E-state index in [1.807, 2.05) is 19.1 Å². The highest BCUT2D eigenvalue weighted by atomic mass is 16.5. The fraction of sp³-hybridized carbons (Fsp3) is 0.583. The monoisotopic (exact) mass is 194 g/mol. The van der Waals surface area contributed by atoms with E-state index in [0.29, 0.717) is 18.9 Å². The average Bonchev–Trinajstić information content (AvgIpc) is 2.68. The SMILES string of the molecule is CC/C=C/CC(=O)OCC1CC=CC1. The third-order valence-electron chi connectivity index (χ3n) is 2.27. The first-order valence-corrected chi connectivity index (χ1v) is 5.28. The van der Waals surface area contributed by atoms with E-state index in [1.165, 1.54) is 0 Å². The van der Waals surface area contributed by atoms with Crippen molar-refractivity contribution < 1.29 is 9.53 Å². The molecule has 0 aliphatic heterocycles. The van der Waals surface area contributed by atoms with Crippen molar-refractivity contribution in [1.29, 1.82) is 0 Å². The van der Waals surface area contributed by atoms with Gasteiger partial charge in [0, 0.05) is 0 Å². The number of hydrogen-bond acceptors (Lipinski definition) is 2. The standard InChI is InChI=1S/C12H18O2/c1-2-3-4-9-12(13)14-10-11-7-5-6-8-11/h3-6,11H,2,7-10H2,1H3/b4-3+. The molecular weight excluding hydrogens is 176 g/mol. The van der Waals surface area contributed by atoms with Crippen LogP contribution in [-0.4, -0.2) is 12.6 Å². The number of ether oxygens (including phenoxy) is 1. The van der Waals surface area contributed by atoms with Crippen molar-refractivity contribution in [3.8, 4) is 0 Å². The molecule has 0 amide bonds. The van der Waals surface area contributed by atoms with Gasteiger partial charge in [0.2, 0.25) is 0 Å². The Hall–Kier alpha value is -1.05. The second-order valence-electron chi connectivity index (χ2n) is 3.58. The largest absolute Gasteiger partial charge is 0.465 e. The summed E-state index contributed by atoms with van der Waals surface area (Å²) in [4.78, 5) is 11.2. The number of hydrogen-bond donors (Lipinski definition) is 0. The van der Waals surface area contributed by atoms with E-state index in [0.717, 1.165) is 19.3 Å². The normalized spacial score (nSPS) is 16.6. The Morgan fingerprint density at radius 1 is 1.43 bits per heavy atom. The summed E-state index contributed by atoms with van der Waals surface area (Å²) in [6.07, 6.45) is 11.6. The molecule has 0 radical (unpaired) electrons. The van der Waals surface area contributed by atoms with Crippen LogP contribution in [0.4, 0.5) is 0 Å². The van der Waals surface area contributed by atoms with Crippen LogP contribution in [0.3, 0.4) is 0 Å². The molecule has 14 heavy (non-hydrogen) atoms. The summed E-state index contributed by atoms with van der Waals surface area (Å²) >= 11 is 0. The van der Waals surface area contributed by atoms with E-state index < -0.39 is 0 Å². The summed E-state index contributed by atoms with van der Waals surface area (Å²) in [5.74, 6) is 0.413. The van der Waals surface area contributed by atoms with Crippen LogP contribution in [0.5, 0.6) is 0 Å². The Kier molecular flexibility index (Phi) is 5.05. The number of carbonyl (C=O) groups is 1. The smallest absolute Gasteiger partial charge is 0.309 e. The second kappa shape index (κ2) is 6.41. The van der Waals surface area contributed by atoms with Gasteiger partial charge in [0.05, 0.1) is 13.0 Å². The van der Waals surface area contributed by atoms with Gasteiger partial charge in [-0.1, -0.05) is 31.2 Å². The Labute approximate surface area is 85.6 Å². The van der Waals surface area contributed by atoms with Gasteiger partial charge in [-0.3, -0.25) is 4.79 Å². The van der Waals surface area contributed by atoms with Crippen molar-refractivity contribution in [3.05, 3.63) is 24.3 Å². The van der Waals surface area contributed by atoms with Crippen LogP contribution in [0.1, 0.15) is 32.6 Å². The van der Waals surface area contributed by atoms with Crippen molar-refractivity contribution in [3.63, 3.8) is 0 Å². The fourth-order valence-corrected chi connectivity index (χ4v) is 1.43. The molecule has 78 valence electrons. The highest BCUT2D eigenvalue weighted by Crippen LogP contribution is 2.17. The zero-order valence-corrected chi connectivity index (χ0v) is 8.74. The average molecular weight is 194 g/mol.